The van der Waals surface area contributed by atoms with Crippen LogP contribution in [-0.2, 0) is 6.54 Å². The lowest BCUT2D eigenvalue weighted by Crippen LogP contribution is -2.31. The third-order valence-electron chi connectivity index (χ3n) is 3.06. The molecule has 0 saturated heterocycles. The quantitative estimate of drug-likeness (QED) is 0.866. The van der Waals surface area contributed by atoms with E-state index in [1.807, 2.05) is 44.2 Å². The summed E-state index contributed by atoms with van der Waals surface area (Å²) in [5, 5.41) is 3.32. The summed E-state index contributed by atoms with van der Waals surface area (Å²) in [5.74, 6) is 0.669. The second kappa shape index (κ2) is 7.06. The summed E-state index contributed by atoms with van der Waals surface area (Å²) >= 11 is 0. The zero-order chi connectivity index (χ0) is 14.4. The van der Waals surface area contributed by atoms with Crippen molar-refractivity contribution < 1.29 is 9.13 Å². The van der Waals surface area contributed by atoms with Crippen molar-refractivity contribution in [2.75, 3.05) is 6.61 Å². The second-order valence-electron chi connectivity index (χ2n) is 5.04. The van der Waals surface area contributed by atoms with Gasteiger partial charge in [-0.2, -0.15) is 0 Å². The molecule has 0 spiro atoms. The third kappa shape index (κ3) is 4.67. The number of ether oxygens (including phenoxy) is 1. The molecule has 0 fully saturated rings. The zero-order valence-corrected chi connectivity index (χ0v) is 11.9. The predicted molar refractivity (Wildman–Crippen MR) is 79.4 cm³/mol. The molecule has 2 aromatic carbocycles. The van der Waals surface area contributed by atoms with E-state index in [1.165, 1.54) is 11.6 Å². The summed E-state index contributed by atoms with van der Waals surface area (Å²) < 4.78 is 18.7. The number of aryl methyl sites for hydroxylation is 1. The molecule has 0 aliphatic heterocycles. The molecule has 0 aliphatic carbocycles. The zero-order valence-electron chi connectivity index (χ0n) is 11.9. The van der Waals surface area contributed by atoms with Crippen molar-refractivity contribution in [2.45, 2.75) is 26.4 Å². The lowest BCUT2D eigenvalue weighted by molar-refractivity contribution is 0.272. The van der Waals surface area contributed by atoms with Gasteiger partial charge in [-0.1, -0.05) is 29.8 Å². The lowest BCUT2D eigenvalue weighted by Gasteiger charge is -2.15. The van der Waals surface area contributed by atoms with Gasteiger partial charge in [-0.25, -0.2) is 4.39 Å². The van der Waals surface area contributed by atoms with Gasteiger partial charge in [0, 0.05) is 12.6 Å². The van der Waals surface area contributed by atoms with Crippen LogP contribution < -0.4 is 10.1 Å². The van der Waals surface area contributed by atoms with Crippen LogP contribution in [-0.4, -0.2) is 12.6 Å². The van der Waals surface area contributed by atoms with Crippen LogP contribution in [0.1, 0.15) is 18.1 Å². The normalized spacial score (nSPS) is 12.2. The van der Waals surface area contributed by atoms with Gasteiger partial charge < -0.3 is 10.1 Å². The average molecular weight is 273 g/mol. The predicted octanol–water partition coefficient (Wildman–Crippen LogP) is 3.69. The van der Waals surface area contributed by atoms with Gasteiger partial charge in [0.05, 0.1) is 0 Å². The third-order valence-corrected chi connectivity index (χ3v) is 3.06. The Hall–Kier alpha value is -1.87. The first-order valence-electron chi connectivity index (χ1n) is 6.81. The summed E-state index contributed by atoms with van der Waals surface area (Å²) in [6.07, 6.45) is 0. The van der Waals surface area contributed by atoms with Crippen LogP contribution in [0.4, 0.5) is 4.39 Å². The molecule has 0 amide bonds. The summed E-state index contributed by atoms with van der Waals surface area (Å²) in [7, 11) is 0. The van der Waals surface area contributed by atoms with Gasteiger partial charge in [-0.05, 0) is 43.7 Å². The van der Waals surface area contributed by atoms with Crippen LogP contribution in [0.2, 0.25) is 0 Å². The number of halogens is 1. The molecule has 0 heterocycles. The van der Waals surface area contributed by atoms with Crippen LogP contribution in [0, 0.1) is 12.7 Å². The molecule has 2 nitrogen and oxygen atoms in total. The van der Waals surface area contributed by atoms with Crippen molar-refractivity contribution in [3.63, 3.8) is 0 Å². The number of nitrogens with one attached hydrogen (secondary N) is 1. The first-order valence-corrected chi connectivity index (χ1v) is 6.81. The standard InChI is InChI=1S/C17H20FNO/c1-13-6-8-17(9-7-13)20-12-14(2)19-11-15-4-3-5-16(18)10-15/h3-10,14,19H,11-12H2,1-2H3. The lowest BCUT2D eigenvalue weighted by atomic mass is 10.2. The molecule has 1 unspecified atom stereocenters. The van der Waals surface area contributed by atoms with Crippen molar-refractivity contribution in [3.05, 3.63) is 65.5 Å². The van der Waals surface area contributed by atoms with E-state index in [2.05, 4.69) is 5.32 Å². The molecule has 106 valence electrons. The molecule has 1 N–H and O–H groups in total. The van der Waals surface area contributed by atoms with Crippen LogP contribution in [0.5, 0.6) is 5.75 Å². The van der Waals surface area contributed by atoms with Crippen LogP contribution in [0.3, 0.4) is 0 Å². The van der Waals surface area contributed by atoms with Gasteiger partial charge in [-0.3, -0.25) is 0 Å². The highest BCUT2D eigenvalue weighted by Crippen LogP contribution is 2.11. The van der Waals surface area contributed by atoms with E-state index in [1.54, 1.807) is 12.1 Å². The number of hydrogen-bond acceptors (Lipinski definition) is 2. The number of hydrogen-bond donors (Lipinski definition) is 1. The van der Waals surface area contributed by atoms with Crippen LogP contribution >= 0.6 is 0 Å². The smallest absolute Gasteiger partial charge is 0.123 e. The van der Waals surface area contributed by atoms with Crippen molar-refractivity contribution in [1.29, 1.82) is 0 Å². The van der Waals surface area contributed by atoms with Gasteiger partial charge >= 0.3 is 0 Å². The van der Waals surface area contributed by atoms with Crippen LogP contribution in [0.25, 0.3) is 0 Å². The molecular weight excluding hydrogens is 253 g/mol. The van der Waals surface area contributed by atoms with Crippen molar-refractivity contribution in [3.8, 4) is 5.75 Å². The van der Waals surface area contributed by atoms with E-state index >= 15 is 0 Å². The molecule has 3 heteroatoms. The van der Waals surface area contributed by atoms with Gasteiger partial charge in [0.15, 0.2) is 0 Å². The molecule has 0 aromatic heterocycles. The van der Waals surface area contributed by atoms with E-state index in [0.29, 0.717) is 13.2 Å². The van der Waals surface area contributed by atoms with E-state index < -0.39 is 0 Å². The highest BCUT2D eigenvalue weighted by atomic mass is 19.1. The van der Waals surface area contributed by atoms with Crippen molar-refractivity contribution in [2.24, 2.45) is 0 Å². The first kappa shape index (κ1) is 14.5. The molecule has 0 saturated carbocycles. The van der Waals surface area contributed by atoms with Gasteiger partial charge in [0.1, 0.15) is 18.2 Å². The van der Waals surface area contributed by atoms with E-state index in [9.17, 15) is 4.39 Å². The number of rotatable bonds is 6. The summed E-state index contributed by atoms with van der Waals surface area (Å²) in [5.41, 5.74) is 2.15. The Morgan fingerprint density at radius 3 is 2.60 bits per heavy atom. The SMILES string of the molecule is Cc1ccc(OCC(C)NCc2cccc(F)c2)cc1. The van der Waals surface area contributed by atoms with E-state index in [4.69, 9.17) is 4.74 Å². The van der Waals surface area contributed by atoms with Gasteiger partial charge in [0.25, 0.3) is 0 Å². The van der Waals surface area contributed by atoms with E-state index in [0.717, 1.165) is 11.3 Å². The average Bonchev–Trinajstić information content (AvgIpc) is 2.45. The maximum Gasteiger partial charge on any atom is 0.123 e. The van der Waals surface area contributed by atoms with Gasteiger partial charge in [0.2, 0.25) is 0 Å². The molecule has 2 rings (SSSR count). The summed E-state index contributed by atoms with van der Waals surface area (Å²) in [6, 6.07) is 14.8. The maximum atomic E-state index is 13.0. The fourth-order valence-electron chi connectivity index (χ4n) is 1.85. The second-order valence-corrected chi connectivity index (χ2v) is 5.04. The molecule has 0 radical (unpaired) electrons. The Kier molecular flexibility index (Phi) is 5.13. The van der Waals surface area contributed by atoms with Gasteiger partial charge in [-0.15, -0.1) is 0 Å². The fourth-order valence-corrected chi connectivity index (χ4v) is 1.85. The minimum Gasteiger partial charge on any atom is -0.492 e. The highest BCUT2D eigenvalue weighted by Gasteiger charge is 2.03. The molecule has 2 aromatic rings. The largest absolute Gasteiger partial charge is 0.492 e. The van der Waals surface area contributed by atoms with Crippen molar-refractivity contribution >= 4 is 0 Å². The highest BCUT2D eigenvalue weighted by molar-refractivity contribution is 5.26. The maximum absolute atomic E-state index is 13.0. The minimum absolute atomic E-state index is 0.194. The first-order chi connectivity index (χ1) is 9.63. The molecule has 0 bridgehead atoms. The monoisotopic (exact) mass is 273 g/mol. The summed E-state index contributed by atoms with van der Waals surface area (Å²) in [4.78, 5) is 0. The van der Waals surface area contributed by atoms with Crippen molar-refractivity contribution in [1.82, 2.24) is 5.32 Å². The Morgan fingerprint density at radius 1 is 1.15 bits per heavy atom. The Labute approximate surface area is 119 Å². The Morgan fingerprint density at radius 2 is 1.90 bits per heavy atom. The minimum atomic E-state index is -0.201. The Bertz CT molecular complexity index is 539. The molecule has 20 heavy (non-hydrogen) atoms. The molecule has 1 atom stereocenters. The fraction of sp³-hybridized carbons (Fsp3) is 0.294. The molecular formula is C17H20FNO. The Balaban J connectivity index is 1.75. The van der Waals surface area contributed by atoms with E-state index in [-0.39, 0.29) is 11.9 Å². The van der Waals surface area contributed by atoms with Crippen LogP contribution in [0.15, 0.2) is 48.5 Å². The number of benzene rings is 2. The topological polar surface area (TPSA) is 21.3 Å². The molecule has 0 aliphatic rings. The summed E-state index contributed by atoms with van der Waals surface area (Å²) in [6.45, 7) is 5.31.